The molecule has 0 saturated heterocycles. The SMILES string of the molecule is CCCCOCCCC.COc1ccccc1. The number of benzene rings is 1. The van der Waals surface area contributed by atoms with Crippen LogP contribution in [0.25, 0.3) is 0 Å². The van der Waals surface area contributed by atoms with Crippen molar-refractivity contribution in [3.8, 4) is 5.75 Å². The standard InChI is InChI=1S/C8H18O.C7H8O/c1-3-5-7-9-8-6-4-2;1-8-7-5-3-2-4-6-7/h3-8H2,1-2H3;2-6H,1H3. The molecule has 0 spiro atoms. The highest BCUT2D eigenvalue weighted by Gasteiger charge is 1.84. The van der Waals surface area contributed by atoms with Crippen LogP contribution in [0.2, 0.25) is 0 Å². The van der Waals surface area contributed by atoms with Gasteiger partial charge >= 0.3 is 0 Å². The molecule has 0 aliphatic heterocycles. The number of hydrogen-bond acceptors (Lipinski definition) is 2. The summed E-state index contributed by atoms with van der Waals surface area (Å²) in [5.74, 6) is 0.910. The number of para-hydroxylation sites is 1. The van der Waals surface area contributed by atoms with Gasteiger partial charge in [0, 0.05) is 13.2 Å². The molecular formula is C15H26O2. The summed E-state index contributed by atoms with van der Waals surface area (Å²) in [4.78, 5) is 0. The Bertz CT molecular complexity index is 228. The summed E-state index contributed by atoms with van der Waals surface area (Å²) in [6.45, 7) is 6.28. The molecule has 0 saturated carbocycles. The summed E-state index contributed by atoms with van der Waals surface area (Å²) in [5, 5.41) is 0. The van der Waals surface area contributed by atoms with Crippen LogP contribution in [0.4, 0.5) is 0 Å². The lowest BCUT2D eigenvalue weighted by molar-refractivity contribution is 0.128. The Balaban J connectivity index is 0.000000302. The van der Waals surface area contributed by atoms with Crippen LogP contribution in [0.3, 0.4) is 0 Å². The third-order valence-electron chi connectivity index (χ3n) is 2.26. The monoisotopic (exact) mass is 238 g/mol. The van der Waals surface area contributed by atoms with Crippen LogP contribution in [0.15, 0.2) is 30.3 Å². The second-order valence-electron chi connectivity index (χ2n) is 3.84. The van der Waals surface area contributed by atoms with E-state index in [9.17, 15) is 0 Å². The molecule has 98 valence electrons. The van der Waals surface area contributed by atoms with Crippen LogP contribution >= 0.6 is 0 Å². The van der Waals surface area contributed by atoms with Crippen LogP contribution in [0.5, 0.6) is 5.75 Å². The average molecular weight is 238 g/mol. The number of hydrogen-bond donors (Lipinski definition) is 0. The topological polar surface area (TPSA) is 18.5 Å². The molecule has 0 aliphatic carbocycles. The van der Waals surface area contributed by atoms with E-state index in [1.807, 2.05) is 30.3 Å². The minimum Gasteiger partial charge on any atom is -0.497 e. The van der Waals surface area contributed by atoms with Gasteiger partial charge < -0.3 is 9.47 Å². The Morgan fingerprint density at radius 1 is 0.882 bits per heavy atom. The lowest BCUT2D eigenvalue weighted by atomic mass is 10.3. The van der Waals surface area contributed by atoms with E-state index < -0.39 is 0 Å². The molecule has 1 aromatic rings. The van der Waals surface area contributed by atoms with E-state index in [4.69, 9.17) is 9.47 Å². The zero-order valence-corrected chi connectivity index (χ0v) is 11.4. The van der Waals surface area contributed by atoms with Crippen LogP contribution < -0.4 is 4.74 Å². The van der Waals surface area contributed by atoms with Gasteiger partial charge in [0.05, 0.1) is 7.11 Å². The number of unbranched alkanes of at least 4 members (excludes halogenated alkanes) is 2. The summed E-state index contributed by atoms with van der Waals surface area (Å²) < 4.78 is 10.2. The van der Waals surface area contributed by atoms with E-state index in [0.717, 1.165) is 19.0 Å². The van der Waals surface area contributed by atoms with Crippen molar-refractivity contribution < 1.29 is 9.47 Å². The van der Waals surface area contributed by atoms with Gasteiger partial charge in [0.1, 0.15) is 5.75 Å². The first-order valence-electron chi connectivity index (χ1n) is 6.51. The van der Waals surface area contributed by atoms with E-state index in [1.54, 1.807) is 7.11 Å². The predicted molar refractivity (Wildman–Crippen MR) is 73.6 cm³/mol. The molecule has 0 amide bonds. The fourth-order valence-electron chi connectivity index (χ4n) is 1.15. The second kappa shape index (κ2) is 13.0. The summed E-state index contributed by atoms with van der Waals surface area (Å²) in [6, 6.07) is 9.68. The molecule has 2 nitrogen and oxygen atoms in total. The smallest absolute Gasteiger partial charge is 0.118 e. The van der Waals surface area contributed by atoms with Crippen molar-refractivity contribution in [1.82, 2.24) is 0 Å². The molecule has 0 bridgehead atoms. The summed E-state index contributed by atoms with van der Waals surface area (Å²) in [7, 11) is 1.66. The quantitative estimate of drug-likeness (QED) is 0.659. The van der Waals surface area contributed by atoms with E-state index >= 15 is 0 Å². The van der Waals surface area contributed by atoms with Gasteiger partial charge in [-0.2, -0.15) is 0 Å². The van der Waals surface area contributed by atoms with Crippen LogP contribution in [0.1, 0.15) is 39.5 Å². The zero-order valence-electron chi connectivity index (χ0n) is 11.4. The first-order valence-corrected chi connectivity index (χ1v) is 6.51. The molecule has 0 atom stereocenters. The Labute approximate surface area is 106 Å². The van der Waals surface area contributed by atoms with Gasteiger partial charge in [-0.1, -0.05) is 44.9 Å². The van der Waals surface area contributed by atoms with Gasteiger partial charge in [0.2, 0.25) is 0 Å². The molecule has 1 rings (SSSR count). The maximum absolute atomic E-state index is 5.31. The van der Waals surface area contributed by atoms with Crippen LogP contribution in [-0.4, -0.2) is 20.3 Å². The maximum Gasteiger partial charge on any atom is 0.118 e. The lowest BCUT2D eigenvalue weighted by Crippen LogP contribution is -1.95. The minimum atomic E-state index is 0.910. The van der Waals surface area contributed by atoms with Gasteiger partial charge in [-0.3, -0.25) is 0 Å². The molecule has 2 heteroatoms. The molecule has 0 radical (unpaired) electrons. The normalized spacial score (nSPS) is 9.35. The molecule has 0 aromatic heterocycles. The van der Waals surface area contributed by atoms with Crippen molar-refractivity contribution in [3.63, 3.8) is 0 Å². The highest BCUT2D eigenvalue weighted by Crippen LogP contribution is 2.05. The Morgan fingerprint density at radius 2 is 1.41 bits per heavy atom. The van der Waals surface area contributed by atoms with E-state index in [-0.39, 0.29) is 0 Å². The van der Waals surface area contributed by atoms with Crippen molar-refractivity contribution >= 4 is 0 Å². The maximum atomic E-state index is 5.31. The molecule has 0 aliphatic rings. The predicted octanol–water partition coefficient (Wildman–Crippen LogP) is 4.30. The third kappa shape index (κ3) is 11.2. The average Bonchev–Trinajstić information content (AvgIpc) is 2.40. The molecule has 1 aromatic carbocycles. The van der Waals surface area contributed by atoms with Gasteiger partial charge in [0.15, 0.2) is 0 Å². The Hall–Kier alpha value is -1.02. The molecule has 0 N–H and O–H groups in total. The fourth-order valence-corrected chi connectivity index (χ4v) is 1.15. The second-order valence-corrected chi connectivity index (χ2v) is 3.84. The minimum absolute atomic E-state index is 0.910. The first-order chi connectivity index (χ1) is 8.35. The van der Waals surface area contributed by atoms with Crippen molar-refractivity contribution in [2.24, 2.45) is 0 Å². The van der Waals surface area contributed by atoms with Crippen molar-refractivity contribution in [1.29, 1.82) is 0 Å². The highest BCUT2D eigenvalue weighted by molar-refractivity contribution is 5.20. The lowest BCUT2D eigenvalue weighted by Gasteiger charge is -1.99. The number of ether oxygens (including phenoxy) is 2. The zero-order chi connectivity index (χ0) is 12.8. The largest absolute Gasteiger partial charge is 0.497 e. The number of methoxy groups -OCH3 is 1. The third-order valence-corrected chi connectivity index (χ3v) is 2.26. The molecule has 17 heavy (non-hydrogen) atoms. The van der Waals surface area contributed by atoms with E-state index in [1.165, 1.54) is 25.7 Å². The van der Waals surface area contributed by atoms with Crippen molar-refractivity contribution in [3.05, 3.63) is 30.3 Å². The van der Waals surface area contributed by atoms with Crippen molar-refractivity contribution in [2.45, 2.75) is 39.5 Å². The van der Waals surface area contributed by atoms with Gasteiger partial charge in [-0.25, -0.2) is 0 Å². The van der Waals surface area contributed by atoms with E-state index in [2.05, 4.69) is 13.8 Å². The molecule has 0 fully saturated rings. The van der Waals surface area contributed by atoms with Gasteiger partial charge in [-0.15, -0.1) is 0 Å². The molecule has 0 unspecified atom stereocenters. The summed E-state index contributed by atoms with van der Waals surface area (Å²) in [5.41, 5.74) is 0. The van der Waals surface area contributed by atoms with E-state index in [0.29, 0.717) is 0 Å². The van der Waals surface area contributed by atoms with Crippen LogP contribution in [0, 0.1) is 0 Å². The summed E-state index contributed by atoms with van der Waals surface area (Å²) >= 11 is 0. The number of rotatable bonds is 7. The highest BCUT2D eigenvalue weighted by atomic mass is 16.5. The Morgan fingerprint density at radius 3 is 1.76 bits per heavy atom. The fraction of sp³-hybridized carbons (Fsp3) is 0.600. The van der Waals surface area contributed by atoms with Crippen molar-refractivity contribution in [2.75, 3.05) is 20.3 Å². The van der Waals surface area contributed by atoms with Crippen LogP contribution in [-0.2, 0) is 4.74 Å². The Kier molecular flexibility index (Phi) is 12.3. The summed E-state index contributed by atoms with van der Waals surface area (Å²) in [6.07, 6.45) is 4.91. The van der Waals surface area contributed by atoms with Gasteiger partial charge in [-0.05, 0) is 25.0 Å². The van der Waals surface area contributed by atoms with Gasteiger partial charge in [0.25, 0.3) is 0 Å². The molecular weight excluding hydrogens is 212 g/mol. The first kappa shape index (κ1) is 16.0. The molecule has 0 heterocycles.